The van der Waals surface area contributed by atoms with Gasteiger partial charge in [-0.1, -0.05) is 12.1 Å². The van der Waals surface area contributed by atoms with Gasteiger partial charge in [0, 0.05) is 18.3 Å². The van der Waals surface area contributed by atoms with Crippen LogP contribution in [0.5, 0.6) is 0 Å². The summed E-state index contributed by atoms with van der Waals surface area (Å²) in [5.41, 5.74) is 2.14. The molecule has 0 aliphatic carbocycles. The molecular formula is C11H16N2. The van der Waals surface area contributed by atoms with Crippen LogP contribution in [0.2, 0.25) is 0 Å². The molecule has 1 rings (SSSR count). The Labute approximate surface area is 79.7 Å². The highest BCUT2D eigenvalue weighted by Crippen LogP contribution is 1.98. The van der Waals surface area contributed by atoms with Crippen LogP contribution in [0, 0.1) is 6.92 Å². The molecule has 0 aliphatic rings. The SMILES string of the molecule is C=CC(C)NCc1cccc(C)n1. The fraction of sp³-hybridized carbons (Fsp3) is 0.364. The van der Waals surface area contributed by atoms with Crippen molar-refractivity contribution in [2.75, 3.05) is 0 Å². The molecule has 0 bridgehead atoms. The van der Waals surface area contributed by atoms with E-state index in [-0.39, 0.29) is 0 Å². The number of aryl methyl sites for hydroxylation is 1. The van der Waals surface area contributed by atoms with Crippen molar-refractivity contribution in [2.24, 2.45) is 0 Å². The van der Waals surface area contributed by atoms with Gasteiger partial charge in [0.25, 0.3) is 0 Å². The first-order chi connectivity index (χ1) is 6.22. The fourth-order valence-electron chi connectivity index (χ4n) is 1.05. The quantitative estimate of drug-likeness (QED) is 0.710. The Morgan fingerprint density at radius 2 is 2.38 bits per heavy atom. The van der Waals surface area contributed by atoms with E-state index in [0.717, 1.165) is 17.9 Å². The zero-order valence-corrected chi connectivity index (χ0v) is 8.25. The van der Waals surface area contributed by atoms with E-state index in [4.69, 9.17) is 0 Å². The van der Waals surface area contributed by atoms with Crippen molar-refractivity contribution < 1.29 is 0 Å². The maximum atomic E-state index is 4.38. The minimum Gasteiger partial charge on any atom is -0.305 e. The summed E-state index contributed by atoms with van der Waals surface area (Å²) in [7, 11) is 0. The van der Waals surface area contributed by atoms with E-state index in [0.29, 0.717) is 6.04 Å². The van der Waals surface area contributed by atoms with Gasteiger partial charge in [0.05, 0.1) is 5.69 Å². The maximum absolute atomic E-state index is 4.38. The van der Waals surface area contributed by atoms with Gasteiger partial charge in [-0.15, -0.1) is 6.58 Å². The van der Waals surface area contributed by atoms with Crippen molar-refractivity contribution in [1.29, 1.82) is 0 Å². The molecule has 2 heteroatoms. The molecule has 1 N–H and O–H groups in total. The lowest BCUT2D eigenvalue weighted by atomic mass is 10.3. The van der Waals surface area contributed by atoms with Crippen molar-refractivity contribution in [2.45, 2.75) is 26.4 Å². The lowest BCUT2D eigenvalue weighted by Crippen LogP contribution is -2.23. The molecule has 13 heavy (non-hydrogen) atoms. The second-order valence-corrected chi connectivity index (χ2v) is 3.18. The predicted molar refractivity (Wildman–Crippen MR) is 55.5 cm³/mol. The normalized spacial score (nSPS) is 12.5. The minimum atomic E-state index is 0.335. The molecule has 2 nitrogen and oxygen atoms in total. The first kappa shape index (κ1) is 9.93. The summed E-state index contributed by atoms with van der Waals surface area (Å²) in [6.45, 7) is 8.58. The van der Waals surface area contributed by atoms with Crippen LogP contribution in [0.1, 0.15) is 18.3 Å². The molecule has 0 aliphatic heterocycles. The van der Waals surface area contributed by atoms with Crippen molar-refractivity contribution in [3.8, 4) is 0 Å². The van der Waals surface area contributed by atoms with Crippen LogP contribution in [0.4, 0.5) is 0 Å². The highest BCUT2D eigenvalue weighted by Gasteiger charge is 1.96. The molecule has 70 valence electrons. The third-order valence-electron chi connectivity index (χ3n) is 1.90. The Hall–Kier alpha value is -1.15. The molecule has 1 aromatic heterocycles. The van der Waals surface area contributed by atoms with Gasteiger partial charge in [0.1, 0.15) is 0 Å². The number of pyridine rings is 1. The fourth-order valence-corrected chi connectivity index (χ4v) is 1.05. The summed E-state index contributed by atoms with van der Waals surface area (Å²) in [5.74, 6) is 0. The summed E-state index contributed by atoms with van der Waals surface area (Å²) in [6, 6.07) is 6.39. The summed E-state index contributed by atoms with van der Waals surface area (Å²) < 4.78 is 0. The molecule has 1 heterocycles. The highest BCUT2D eigenvalue weighted by molar-refractivity contribution is 5.09. The minimum absolute atomic E-state index is 0.335. The van der Waals surface area contributed by atoms with Crippen LogP contribution in [-0.2, 0) is 6.54 Å². The van der Waals surface area contributed by atoms with Crippen molar-refractivity contribution in [3.63, 3.8) is 0 Å². The third-order valence-corrected chi connectivity index (χ3v) is 1.90. The van der Waals surface area contributed by atoms with Crippen LogP contribution < -0.4 is 5.32 Å². The predicted octanol–water partition coefficient (Wildman–Crippen LogP) is 2.05. The molecule has 0 amide bonds. The largest absolute Gasteiger partial charge is 0.305 e. The number of hydrogen-bond acceptors (Lipinski definition) is 2. The Morgan fingerprint density at radius 3 is 3.00 bits per heavy atom. The van der Waals surface area contributed by atoms with Crippen LogP contribution in [0.25, 0.3) is 0 Å². The number of nitrogens with zero attached hydrogens (tertiary/aromatic N) is 1. The van der Waals surface area contributed by atoms with Crippen LogP contribution in [0.15, 0.2) is 30.9 Å². The monoisotopic (exact) mass is 176 g/mol. The van der Waals surface area contributed by atoms with Gasteiger partial charge in [0.15, 0.2) is 0 Å². The van der Waals surface area contributed by atoms with Crippen molar-refractivity contribution in [3.05, 3.63) is 42.2 Å². The zero-order valence-electron chi connectivity index (χ0n) is 8.25. The Kier molecular flexibility index (Phi) is 3.65. The molecule has 1 atom stereocenters. The highest BCUT2D eigenvalue weighted by atomic mass is 14.9. The van der Waals surface area contributed by atoms with Crippen LogP contribution in [-0.4, -0.2) is 11.0 Å². The standard InChI is InChI=1S/C11H16N2/c1-4-9(2)12-8-11-7-5-6-10(3)13-11/h4-7,9,12H,1,8H2,2-3H3. The second kappa shape index (κ2) is 4.77. The second-order valence-electron chi connectivity index (χ2n) is 3.18. The lowest BCUT2D eigenvalue weighted by molar-refractivity contribution is 0.623. The molecule has 0 spiro atoms. The first-order valence-electron chi connectivity index (χ1n) is 4.51. The summed E-state index contributed by atoms with van der Waals surface area (Å²) >= 11 is 0. The van der Waals surface area contributed by atoms with Crippen LogP contribution >= 0.6 is 0 Å². The van der Waals surface area contributed by atoms with Crippen molar-refractivity contribution >= 4 is 0 Å². The van der Waals surface area contributed by atoms with E-state index in [1.807, 2.05) is 31.2 Å². The summed E-state index contributed by atoms with van der Waals surface area (Å²) in [5, 5.41) is 3.30. The number of nitrogens with one attached hydrogen (secondary N) is 1. The topological polar surface area (TPSA) is 24.9 Å². The number of aromatic nitrogens is 1. The number of rotatable bonds is 4. The van der Waals surface area contributed by atoms with Gasteiger partial charge in [0.2, 0.25) is 0 Å². The first-order valence-corrected chi connectivity index (χ1v) is 4.51. The summed E-state index contributed by atoms with van der Waals surface area (Å²) in [4.78, 5) is 4.38. The Morgan fingerprint density at radius 1 is 1.62 bits per heavy atom. The average molecular weight is 176 g/mol. The van der Waals surface area contributed by atoms with E-state index < -0.39 is 0 Å². The molecular weight excluding hydrogens is 160 g/mol. The lowest BCUT2D eigenvalue weighted by Gasteiger charge is -2.08. The molecule has 1 unspecified atom stereocenters. The molecule has 0 radical (unpaired) electrons. The smallest absolute Gasteiger partial charge is 0.0545 e. The third kappa shape index (κ3) is 3.38. The van der Waals surface area contributed by atoms with Gasteiger partial charge >= 0.3 is 0 Å². The van der Waals surface area contributed by atoms with Crippen molar-refractivity contribution in [1.82, 2.24) is 10.3 Å². The van der Waals surface area contributed by atoms with E-state index in [1.165, 1.54) is 0 Å². The maximum Gasteiger partial charge on any atom is 0.0545 e. The van der Waals surface area contributed by atoms with E-state index in [2.05, 4.69) is 23.8 Å². The number of hydrogen-bond donors (Lipinski definition) is 1. The van der Waals surface area contributed by atoms with Gasteiger partial charge in [-0.05, 0) is 26.0 Å². The molecule has 0 aromatic carbocycles. The van der Waals surface area contributed by atoms with E-state index in [1.54, 1.807) is 0 Å². The zero-order chi connectivity index (χ0) is 9.68. The van der Waals surface area contributed by atoms with Crippen LogP contribution in [0.3, 0.4) is 0 Å². The van der Waals surface area contributed by atoms with Gasteiger partial charge in [-0.2, -0.15) is 0 Å². The van der Waals surface area contributed by atoms with Gasteiger partial charge in [-0.3, -0.25) is 4.98 Å². The molecule has 0 saturated heterocycles. The molecule has 0 saturated carbocycles. The van der Waals surface area contributed by atoms with E-state index >= 15 is 0 Å². The Bertz CT molecular complexity index is 281. The van der Waals surface area contributed by atoms with Gasteiger partial charge in [-0.25, -0.2) is 0 Å². The summed E-state index contributed by atoms with van der Waals surface area (Å²) in [6.07, 6.45) is 1.88. The molecule has 1 aromatic rings. The average Bonchev–Trinajstić information content (AvgIpc) is 2.14. The Balaban J connectivity index is 2.49. The van der Waals surface area contributed by atoms with Gasteiger partial charge < -0.3 is 5.32 Å². The molecule has 0 fully saturated rings. The van der Waals surface area contributed by atoms with E-state index in [9.17, 15) is 0 Å².